The molecular weight excluding hydrogens is 206 g/mol. The fourth-order valence-electron chi connectivity index (χ4n) is 1.22. The second kappa shape index (κ2) is 5.07. The van der Waals surface area contributed by atoms with Crippen LogP contribution in [0.4, 0.5) is 5.82 Å². The molecule has 1 heterocycles. The van der Waals surface area contributed by atoms with E-state index >= 15 is 0 Å². The molecule has 1 rings (SSSR count). The van der Waals surface area contributed by atoms with Crippen LogP contribution in [0, 0.1) is 11.3 Å². The van der Waals surface area contributed by atoms with Crippen LogP contribution in [0.5, 0.6) is 0 Å². The molecule has 16 heavy (non-hydrogen) atoms. The average Bonchev–Trinajstić information content (AvgIpc) is 2.25. The van der Waals surface area contributed by atoms with E-state index < -0.39 is 5.91 Å². The first kappa shape index (κ1) is 11.9. The van der Waals surface area contributed by atoms with Gasteiger partial charge in [-0.15, -0.1) is 0 Å². The standard InChI is InChI=1S/C10H13N5O/c1-7(2)15(6-9(12)16)10-5-13-8(3-11)4-14-10/h4-5,7H,6H2,1-2H3,(H2,12,16). The SMILES string of the molecule is CC(C)N(CC(N)=O)c1cnc(C#N)cn1. The van der Waals surface area contributed by atoms with Crippen molar-refractivity contribution < 1.29 is 4.79 Å². The lowest BCUT2D eigenvalue weighted by Crippen LogP contribution is -2.39. The number of hydrogen-bond acceptors (Lipinski definition) is 5. The minimum absolute atomic E-state index is 0.0785. The lowest BCUT2D eigenvalue weighted by Gasteiger charge is -2.25. The molecule has 0 saturated heterocycles. The number of aromatic nitrogens is 2. The Morgan fingerprint density at radius 2 is 2.25 bits per heavy atom. The van der Waals surface area contributed by atoms with E-state index in [9.17, 15) is 4.79 Å². The van der Waals surface area contributed by atoms with Gasteiger partial charge < -0.3 is 10.6 Å². The van der Waals surface area contributed by atoms with Crippen molar-refractivity contribution in [2.75, 3.05) is 11.4 Å². The Hall–Kier alpha value is -2.16. The fourth-order valence-corrected chi connectivity index (χ4v) is 1.22. The summed E-state index contributed by atoms with van der Waals surface area (Å²) < 4.78 is 0. The van der Waals surface area contributed by atoms with Crippen molar-refractivity contribution in [2.45, 2.75) is 19.9 Å². The highest BCUT2D eigenvalue weighted by Crippen LogP contribution is 2.11. The zero-order valence-electron chi connectivity index (χ0n) is 9.21. The van der Waals surface area contributed by atoms with Crippen molar-refractivity contribution in [1.29, 1.82) is 5.26 Å². The van der Waals surface area contributed by atoms with Gasteiger partial charge in [0.25, 0.3) is 0 Å². The van der Waals surface area contributed by atoms with Crippen LogP contribution in [0.25, 0.3) is 0 Å². The van der Waals surface area contributed by atoms with Gasteiger partial charge in [0.15, 0.2) is 5.69 Å². The summed E-state index contributed by atoms with van der Waals surface area (Å²) in [6.07, 6.45) is 2.83. The highest BCUT2D eigenvalue weighted by molar-refractivity contribution is 5.79. The molecule has 1 aromatic rings. The number of nitrogens with zero attached hydrogens (tertiary/aromatic N) is 4. The van der Waals surface area contributed by atoms with Crippen LogP contribution < -0.4 is 10.6 Å². The molecule has 0 unspecified atom stereocenters. The highest BCUT2D eigenvalue weighted by Gasteiger charge is 2.14. The molecule has 0 aromatic carbocycles. The van der Waals surface area contributed by atoms with Crippen LogP contribution in [-0.4, -0.2) is 28.5 Å². The molecular formula is C10H13N5O. The molecule has 1 amide bonds. The predicted molar refractivity (Wildman–Crippen MR) is 58.4 cm³/mol. The zero-order chi connectivity index (χ0) is 12.1. The van der Waals surface area contributed by atoms with Gasteiger partial charge in [-0.1, -0.05) is 0 Å². The zero-order valence-corrected chi connectivity index (χ0v) is 9.21. The van der Waals surface area contributed by atoms with Crippen molar-refractivity contribution in [1.82, 2.24) is 9.97 Å². The van der Waals surface area contributed by atoms with Gasteiger partial charge >= 0.3 is 0 Å². The molecule has 0 saturated carbocycles. The number of anilines is 1. The number of nitrogens with two attached hydrogens (primary N) is 1. The monoisotopic (exact) mass is 219 g/mol. The molecule has 1 aromatic heterocycles. The van der Waals surface area contributed by atoms with Crippen LogP contribution >= 0.6 is 0 Å². The first-order valence-corrected chi connectivity index (χ1v) is 4.81. The molecule has 0 radical (unpaired) electrons. The minimum atomic E-state index is -0.431. The smallest absolute Gasteiger partial charge is 0.237 e. The number of primary amides is 1. The van der Waals surface area contributed by atoms with E-state index in [4.69, 9.17) is 11.0 Å². The lowest BCUT2D eigenvalue weighted by molar-refractivity contribution is -0.116. The van der Waals surface area contributed by atoms with Gasteiger partial charge in [0.2, 0.25) is 5.91 Å². The van der Waals surface area contributed by atoms with Crippen LogP contribution in [0.1, 0.15) is 19.5 Å². The summed E-state index contributed by atoms with van der Waals surface area (Å²) in [5.41, 5.74) is 5.39. The maximum atomic E-state index is 10.9. The van der Waals surface area contributed by atoms with Crippen molar-refractivity contribution in [2.24, 2.45) is 5.73 Å². The fraction of sp³-hybridized carbons (Fsp3) is 0.400. The Morgan fingerprint density at radius 1 is 1.56 bits per heavy atom. The third kappa shape index (κ3) is 2.92. The van der Waals surface area contributed by atoms with Crippen LogP contribution in [0.2, 0.25) is 0 Å². The number of carbonyl (C=O) groups excluding carboxylic acids is 1. The van der Waals surface area contributed by atoms with E-state index in [1.165, 1.54) is 12.4 Å². The van der Waals surface area contributed by atoms with Gasteiger partial charge in [-0.25, -0.2) is 9.97 Å². The molecule has 0 aliphatic heterocycles. The van der Waals surface area contributed by atoms with Gasteiger partial charge in [0.05, 0.1) is 18.9 Å². The first-order chi connectivity index (χ1) is 7.54. The molecule has 0 atom stereocenters. The Kier molecular flexibility index (Phi) is 3.78. The number of nitriles is 1. The van der Waals surface area contributed by atoms with E-state index in [0.717, 1.165) is 0 Å². The second-order valence-corrected chi connectivity index (χ2v) is 3.56. The molecule has 0 fully saturated rings. The van der Waals surface area contributed by atoms with Gasteiger partial charge in [-0.3, -0.25) is 4.79 Å². The van der Waals surface area contributed by atoms with Crippen molar-refractivity contribution in [3.05, 3.63) is 18.1 Å². The van der Waals surface area contributed by atoms with E-state index in [0.29, 0.717) is 5.82 Å². The van der Waals surface area contributed by atoms with E-state index in [1.807, 2.05) is 19.9 Å². The normalized spacial score (nSPS) is 9.88. The van der Waals surface area contributed by atoms with E-state index in [1.54, 1.807) is 4.90 Å². The van der Waals surface area contributed by atoms with Crippen molar-refractivity contribution >= 4 is 11.7 Å². The Morgan fingerprint density at radius 3 is 2.62 bits per heavy atom. The summed E-state index contributed by atoms with van der Waals surface area (Å²) in [7, 11) is 0. The molecule has 6 nitrogen and oxygen atoms in total. The Labute approximate surface area is 93.7 Å². The van der Waals surface area contributed by atoms with Gasteiger partial charge in [0.1, 0.15) is 11.9 Å². The van der Waals surface area contributed by atoms with E-state index in [2.05, 4.69) is 9.97 Å². The number of hydrogen-bond donors (Lipinski definition) is 1. The number of carbonyl (C=O) groups is 1. The summed E-state index contributed by atoms with van der Waals surface area (Å²) in [5.74, 6) is 0.104. The molecule has 84 valence electrons. The lowest BCUT2D eigenvalue weighted by atomic mass is 10.3. The third-order valence-corrected chi connectivity index (χ3v) is 2.00. The maximum Gasteiger partial charge on any atom is 0.237 e. The summed E-state index contributed by atoms with van der Waals surface area (Å²) in [5, 5.41) is 8.58. The topological polar surface area (TPSA) is 95.9 Å². The Balaban J connectivity index is 2.93. The minimum Gasteiger partial charge on any atom is -0.368 e. The molecule has 6 heteroatoms. The van der Waals surface area contributed by atoms with Crippen LogP contribution in [0.3, 0.4) is 0 Å². The summed E-state index contributed by atoms with van der Waals surface area (Å²) >= 11 is 0. The molecule has 2 N–H and O–H groups in total. The number of rotatable bonds is 4. The van der Waals surface area contributed by atoms with Crippen molar-refractivity contribution in [3.63, 3.8) is 0 Å². The summed E-state index contributed by atoms with van der Waals surface area (Å²) in [6.45, 7) is 3.92. The maximum absolute atomic E-state index is 10.9. The van der Waals surface area contributed by atoms with Gasteiger partial charge in [-0.2, -0.15) is 5.26 Å². The first-order valence-electron chi connectivity index (χ1n) is 4.81. The molecule has 0 aliphatic rings. The molecule has 0 aliphatic carbocycles. The molecule has 0 spiro atoms. The van der Waals surface area contributed by atoms with Crippen molar-refractivity contribution in [3.8, 4) is 6.07 Å². The molecule has 0 bridgehead atoms. The van der Waals surface area contributed by atoms with Crippen LogP contribution in [0.15, 0.2) is 12.4 Å². The average molecular weight is 219 g/mol. The summed E-state index contributed by atoms with van der Waals surface area (Å²) in [4.78, 5) is 20.6. The quantitative estimate of drug-likeness (QED) is 0.771. The summed E-state index contributed by atoms with van der Waals surface area (Å²) in [6, 6.07) is 1.96. The number of amides is 1. The predicted octanol–water partition coefficient (Wildman–Crippen LogP) is 0.0484. The van der Waals surface area contributed by atoms with Gasteiger partial charge in [-0.05, 0) is 13.8 Å². The van der Waals surface area contributed by atoms with Crippen LogP contribution in [-0.2, 0) is 4.79 Å². The third-order valence-electron chi connectivity index (χ3n) is 2.00. The van der Waals surface area contributed by atoms with Gasteiger partial charge in [0, 0.05) is 6.04 Å². The van der Waals surface area contributed by atoms with E-state index in [-0.39, 0.29) is 18.3 Å². The highest BCUT2D eigenvalue weighted by atomic mass is 16.1. The second-order valence-electron chi connectivity index (χ2n) is 3.56. The largest absolute Gasteiger partial charge is 0.368 e. The Bertz CT molecular complexity index is 406.